The first-order chi connectivity index (χ1) is 7.65. The summed E-state index contributed by atoms with van der Waals surface area (Å²) >= 11 is 0. The maximum atomic E-state index is 10.9. The first kappa shape index (κ1) is 12.3. The van der Waals surface area contributed by atoms with Crippen LogP contribution in [0.5, 0.6) is 5.75 Å². The van der Waals surface area contributed by atoms with Gasteiger partial charge in [0.1, 0.15) is 11.5 Å². The highest BCUT2D eigenvalue weighted by Crippen LogP contribution is 2.18. The quantitative estimate of drug-likeness (QED) is 0.612. The van der Waals surface area contributed by atoms with Gasteiger partial charge < -0.3 is 9.84 Å². The van der Waals surface area contributed by atoms with Crippen molar-refractivity contribution in [2.45, 2.75) is 26.7 Å². The highest BCUT2D eigenvalue weighted by molar-refractivity contribution is 5.86. The Hall–Kier alpha value is -1.77. The predicted molar refractivity (Wildman–Crippen MR) is 62.3 cm³/mol. The maximum absolute atomic E-state index is 10.9. The topological polar surface area (TPSA) is 46.5 Å². The minimum Gasteiger partial charge on any atom is -0.478 e. The molecule has 0 atom stereocenters. The second-order valence-corrected chi connectivity index (χ2v) is 3.52. The SMILES string of the molecule is CCCC(Oc1ccccc1)=C(C)C(=O)O. The number of ether oxygens (including phenoxy) is 1. The van der Waals surface area contributed by atoms with E-state index in [1.165, 1.54) is 0 Å². The summed E-state index contributed by atoms with van der Waals surface area (Å²) in [7, 11) is 0. The van der Waals surface area contributed by atoms with Crippen molar-refractivity contribution < 1.29 is 14.6 Å². The van der Waals surface area contributed by atoms with Gasteiger partial charge in [0.25, 0.3) is 0 Å². The summed E-state index contributed by atoms with van der Waals surface area (Å²) in [6, 6.07) is 9.22. The van der Waals surface area contributed by atoms with Crippen LogP contribution in [0.3, 0.4) is 0 Å². The van der Waals surface area contributed by atoms with Crippen LogP contribution in [0.25, 0.3) is 0 Å². The van der Waals surface area contributed by atoms with Crippen LogP contribution < -0.4 is 4.74 Å². The molecule has 0 spiro atoms. The number of hydrogen-bond donors (Lipinski definition) is 1. The zero-order valence-corrected chi connectivity index (χ0v) is 9.56. The zero-order valence-electron chi connectivity index (χ0n) is 9.56. The largest absolute Gasteiger partial charge is 0.478 e. The van der Waals surface area contributed by atoms with Crippen molar-refractivity contribution in [1.29, 1.82) is 0 Å². The molecule has 0 aliphatic carbocycles. The van der Waals surface area contributed by atoms with Crippen molar-refractivity contribution >= 4 is 5.97 Å². The monoisotopic (exact) mass is 220 g/mol. The second kappa shape index (κ2) is 5.95. The van der Waals surface area contributed by atoms with E-state index < -0.39 is 5.97 Å². The van der Waals surface area contributed by atoms with Gasteiger partial charge in [0, 0.05) is 6.42 Å². The molecule has 16 heavy (non-hydrogen) atoms. The van der Waals surface area contributed by atoms with E-state index in [9.17, 15) is 4.79 Å². The van der Waals surface area contributed by atoms with Gasteiger partial charge >= 0.3 is 5.97 Å². The molecule has 86 valence electrons. The number of hydrogen-bond acceptors (Lipinski definition) is 2. The van der Waals surface area contributed by atoms with Gasteiger partial charge in [0.15, 0.2) is 0 Å². The van der Waals surface area contributed by atoms with Gasteiger partial charge in [0.2, 0.25) is 0 Å². The van der Waals surface area contributed by atoms with Crippen molar-refractivity contribution in [3.05, 3.63) is 41.7 Å². The normalized spacial score (nSPS) is 11.9. The fraction of sp³-hybridized carbons (Fsp3) is 0.308. The molecule has 3 heteroatoms. The standard InChI is InChI=1S/C13H16O3/c1-3-7-12(10(2)13(14)15)16-11-8-5-4-6-9-11/h4-6,8-9H,3,7H2,1-2H3,(H,14,15). The molecule has 1 aromatic rings. The van der Waals surface area contributed by atoms with Gasteiger partial charge in [0.05, 0.1) is 5.57 Å². The number of benzene rings is 1. The molecule has 3 nitrogen and oxygen atoms in total. The summed E-state index contributed by atoms with van der Waals surface area (Å²) in [5.41, 5.74) is 0.269. The van der Waals surface area contributed by atoms with Crippen LogP contribution in [0.4, 0.5) is 0 Å². The summed E-state index contributed by atoms with van der Waals surface area (Å²) in [4.78, 5) is 10.9. The van der Waals surface area contributed by atoms with E-state index >= 15 is 0 Å². The van der Waals surface area contributed by atoms with E-state index in [1.54, 1.807) is 6.92 Å². The molecule has 0 aliphatic rings. The molecule has 1 rings (SSSR count). The number of carboxylic acids is 1. The van der Waals surface area contributed by atoms with E-state index in [4.69, 9.17) is 9.84 Å². The number of rotatable bonds is 5. The summed E-state index contributed by atoms with van der Waals surface area (Å²) in [5, 5.41) is 8.92. The van der Waals surface area contributed by atoms with Crippen molar-refractivity contribution in [1.82, 2.24) is 0 Å². The summed E-state index contributed by atoms with van der Waals surface area (Å²) < 4.78 is 5.58. The van der Waals surface area contributed by atoms with Crippen molar-refractivity contribution in [3.8, 4) is 5.75 Å². The molecule has 0 radical (unpaired) electrons. The first-order valence-electron chi connectivity index (χ1n) is 5.31. The van der Waals surface area contributed by atoms with Gasteiger partial charge in [-0.3, -0.25) is 0 Å². The Bertz CT molecular complexity index is 379. The molecular formula is C13H16O3. The molecule has 0 saturated carbocycles. The Morgan fingerprint density at radius 3 is 2.44 bits per heavy atom. The van der Waals surface area contributed by atoms with Crippen LogP contribution >= 0.6 is 0 Å². The first-order valence-corrected chi connectivity index (χ1v) is 5.31. The predicted octanol–water partition coefficient (Wildman–Crippen LogP) is 3.22. The van der Waals surface area contributed by atoms with Crippen molar-refractivity contribution in [2.75, 3.05) is 0 Å². The zero-order chi connectivity index (χ0) is 12.0. The van der Waals surface area contributed by atoms with Crippen LogP contribution in [0.1, 0.15) is 26.7 Å². The Morgan fingerprint density at radius 2 is 1.94 bits per heavy atom. The number of aliphatic carboxylic acids is 1. The molecule has 0 aromatic heterocycles. The molecule has 0 saturated heterocycles. The van der Waals surface area contributed by atoms with E-state index in [0.29, 0.717) is 17.9 Å². The number of allylic oxidation sites excluding steroid dienone is 1. The molecule has 1 aromatic carbocycles. The van der Waals surface area contributed by atoms with Crippen LogP contribution in [0.15, 0.2) is 41.7 Å². The molecule has 0 amide bonds. The average molecular weight is 220 g/mol. The van der Waals surface area contributed by atoms with E-state index in [1.807, 2.05) is 37.3 Å². The van der Waals surface area contributed by atoms with Gasteiger partial charge in [-0.1, -0.05) is 25.1 Å². The Morgan fingerprint density at radius 1 is 1.31 bits per heavy atom. The minimum atomic E-state index is -0.931. The van der Waals surface area contributed by atoms with Gasteiger partial charge in [-0.15, -0.1) is 0 Å². The van der Waals surface area contributed by atoms with E-state index in [-0.39, 0.29) is 5.57 Å². The Kier molecular flexibility index (Phi) is 4.58. The van der Waals surface area contributed by atoms with Crippen molar-refractivity contribution in [3.63, 3.8) is 0 Å². The molecule has 1 N–H and O–H groups in total. The van der Waals surface area contributed by atoms with Gasteiger partial charge in [-0.05, 0) is 25.5 Å². The van der Waals surface area contributed by atoms with E-state index in [0.717, 1.165) is 6.42 Å². The third-order valence-corrected chi connectivity index (χ3v) is 2.20. The Labute approximate surface area is 95.4 Å². The Balaban J connectivity index is 2.88. The third kappa shape index (κ3) is 3.42. The van der Waals surface area contributed by atoms with Crippen LogP contribution in [0, 0.1) is 0 Å². The fourth-order valence-electron chi connectivity index (χ4n) is 1.29. The highest BCUT2D eigenvalue weighted by atomic mass is 16.5. The van der Waals surface area contributed by atoms with Gasteiger partial charge in [-0.25, -0.2) is 4.79 Å². The van der Waals surface area contributed by atoms with Crippen LogP contribution in [-0.2, 0) is 4.79 Å². The molecule has 0 heterocycles. The lowest BCUT2D eigenvalue weighted by molar-refractivity contribution is -0.132. The molecule has 0 bridgehead atoms. The third-order valence-electron chi connectivity index (χ3n) is 2.20. The van der Waals surface area contributed by atoms with Gasteiger partial charge in [-0.2, -0.15) is 0 Å². The minimum absolute atomic E-state index is 0.269. The molecular weight excluding hydrogens is 204 g/mol. The second-order valence-electron chi connectivity index (χ2n) is 3.52. The molecule has 0 fully saturated rings. The molecule has 0 aliphatic heterocycles. The maximum Gasteiger partial charge on any atom is 0.334 e. The average Bonchev–Trinajstić information content (AvgIpc) is 2.29. The summed E-state index contributed by atoms with van der Waals surface area (Å²) in [6.07, 6.45) is 1.49. The van der Waals surface area contributed by atoms with Crippen LogP contribution in [0.2, 0.25) is 0 Å². The summed E-state index contributed by atoms with van der Waals surface area (Å²) in [6.45, 7) is 3.56. The summed E-state index contributed by atoms with van der Waals surface area (Å²) in [5.74, 6) is 0.270. The van der Waals surface area contributed by atoms with E-state index in [2.05, 4.69) is 0 Å². The molecule has 0 unspecified atom stereocenters. The lowest BCUT2D eigenvalue weighted by atomic mass is 10.2. The number of para-hydroxylation sites is 1. The lowest BCUT2D eigenvalue weighted by Crippen LogP contribution is -2.06. The lowest BCUT2D eigenvalue weighted by Gasteiger charge is -2.11. The van der Waals surface area contributed by atoms with Crippen molar-refractivity contribution in [2.24, 2.45) is 0 Å². The highest BCUT2D eigenvalue weighted by Gasteiger charge is 2.10. The number of carbonyl (C=O) groups is 1. The van der Waals surface area contributed by atoms with Crippen LogP contribution in [-0.4, -0.2) is 11.1 Å². The smallest absolute Gasteiger partial charge is 0.334 e. The fourth-order valence-corrected chi connectivity index (χ4v) is 1.29. The number of carboxylic acid groups (broad SMARTS) is 1.